The van der Waals surface area contributed by atoms with Gasteiger partial charge in [-0.3, -0.25) is 4.79 Å². The van der Waals surface area contributed by atoms with Crippen LogP contribution >= 0.6 is 12.6 Å². The Kier molecular flexibility index (Phi) is 12.6. The molecule has 0 aliphatic heterocycles. The summed E-state index contributed by atoms with van der Waals surface area (Å²) in [6, 6.07) is 7.99. The summed E-state index contributed by atoms with van der Waals surface area (Å²) in [6.07, 6.45) is -0.317. The van der Waals surface area contributed by atoms with Gasteiger partial charge in [-0.25, -0.2) is 15.6 Å². The van der Waals surface area contributed by atoms with Gasteiger partial charge in [0, 0.05) is 32.9 Å². The lowest BCUT2D eigenvalue weighted by atomic mass is 10.0. The molecule has 2 aromatic carbocycles. The molecular weight excluding hydrogens is 526 g/mol. The minimum atomic E-state index is -0.956. The minimum absolute atomic E-state index is 0.0243. The van der Waals surface area contributed by atoms with Crippen LogP contribution in [-0.2, 0) is 29.1 Å². The number of ketones is 1. The molecule has 3 N–H and O–H groups in total. The predicted molar refractivity (Wildman–Crippen MR) is 150 cm³/mol. The number of amides is 1. The molecule has 0 bridgehead atoms. The smallest absolute Gasteiger partial charge is 0.428 e. The zero-order valence-electron chi connectivity index (χ0n) is 21.9. The largest absolute Gasteiger partial charge is 0.493 e. The van der Waals surface area contributed by atoms with Crippen LogP contribution in [0.2, 0.25) is 0 Å². The Morgan fingerprint density at radius 3 is 2.49 bits per heavy atom. The number of thiol groups is 1. The Balaban J connectivity index is 2.51. The van der Waals surface area contributed by atoms with Crippen molar-refractivity contribution < 1.29 is 23.8 Å². The van der Waals surface area contributed by atoms with E-state index in [4.69, 9.17) is 31.1 Å². The van der Waals surface area contributed by atoms with Crippen LogP contribution in [0.5, 0.6) is 11.5 Å². The second-order valence-corrected chi connectivity index (χ2v) is 8.33. The van der Waals surface area contributed by atoms with Gasteiger partial charge in [-0.2, -0.15) is 12.6 Å². The molecule has 0 saturated carbocycles. The number of hydrogen-bond acceptors (Lipinski definition) is 10. The first-order chi connectivity index (χ1) is 18.8. The lowest BCUT2D eigenvalue weighted by molar-refractivity contribution is -0.117. The molecule has 2 aromatic rings. The number of benzene rings is 2. The maximum atomic E-state index is 12.4. The second-order valence-electron chi connectivity index (χ2n) is 7.97. The highest BCUT2D eigenvalue weighted by Crippen LogP contribution is 2.34. The molecule has 0 unspecified atom stereocenters. The first kappa shape index (κ1) is 30.9. The van der Waals surface area contributed by atoms with Gasteiger partial charge in [0.15, 0.2) is 12.5 Å². The Morgan fingerprint density at radius 1 is 1.13 bits per heavy atom. The average Bonchev–Trinajstić information content (AvgIpc) is 2.93. The van der Waals surface area contributed by atoms with E-state index in [9.17, 15) is 9.59 Å². The molecule has 1 atom stereocenters. The van der Waals surface area contributed by atoms with Crippen LogP contribution in [0.15, 0.2) is 40.6 Å². The van der Waals surface area contributed by atoms with E-state index in [1.54, 1.807) is 31.2 Å². The number of ether oxygens (including phenoxy) is 3. The number of Topliss-reactive ketones (excluding diaryl/α,β-unsaturated/α-hetero) is 1. The third-order valence-electron chi connectivity index (χ3n) is 5.52. The molecule has 1 amide bonds. The number of aryl methyl sites for hydroxylation is 1. The number of carbonyl (C=O) groups is 2. The molecule has 0 aliphatic carbocycles. The van der Waals surface area contributed by atoms with Gasteiger partial charge in [-0.05, 0) is 55.1 Å². The van der Waals surface area contributed by atoms with Crippen LogP contribution in [0.3, 0.4) is 0 Å². The van der Waals surface area contributed by atoms with E-state index in [0.29, 0.717) is 47.1 Å². The van der Waals surface area contributed by atoms with Gasteiger partial charge in [-0.15, -0.1) is 0 Å². The van der Waals surface area contributed by atoms with Crippen molar-refractivity contribution in [3.05, 3.63) is 67.9 Å². The summed E-state index contributed by atoms with van der Waals surface area (Å²) in [5.41, 5.74) is 20.2. The van der Waals surface area contributed by atoms with Crippen molar-refractivity contribution in [1.82, 2.24) is 0 Å². The van der Waals surface area contributed by atoms with Crippen molar-refractivity contribution in [3.8, 4) is 11.5 Å². The van der Waals surface area contributed by atoms with Crippen LogP contribution in [-0.4, -0.2) is 37.0 Å². The standard InChI is InChI=1S/C24H31N9O5S/c1-4-16-9-17(11-28-31-25)23(10-19(16)30-20(13-39)15(3)34)37-12-18-21(7-6-8-22(18)36-5-2)33(27)24(35)38-14-29-32-26/h6-10,20,30,39H,4-5,11-14,27H2,1-3H3/t20-/m0/s1. The number of nitrogens with zero attached hydrogens (tertiary/aromatic N) is 7. The van der Waals surface area contributed by atoms with E-state index < -0.39 is 18.9 Å². The highest BCUT2D eigenvalue weighted by Gasteiger charge is 2.22. The summed E-state index contributed by atoms with van der Waals surface area (Å²) in [5, 5.41) is 10.8. The van der Waals surface area contributed by atoms with Crippen molar-refractivity contribution in [1.29, 1.82) is 0 Å². The van der Waals surface area contributed by atoms with Crippen LogP contribution in [0.25, 0.3) is 20.9 Å². The Labute approximate surface area is 231 Å². The number of rotatable bonds is 15. The van der Waals surface area contributed by atoms with Gasteiger partial charge in [-0.1, -0.05) is 23.2 Å². The van der Waals surface area contributed by atoms with Crippen LogP contribution in [0.1, 0.15) is 37.5 Å². The first-order valence-electron chi connectivity index (χ1n) is 11.9. The van der Waals surface area contributed by atoms with Gasteiger partial charge in [0.05, 0.1) is 30.4 Å². The number of azide groups is 2. The predicted octanol–water partition coefficient (Wildman–Crippen LogP) is 5.42. The molecule has 0 heterocycles. The van der Waals surface area contributed by atoms with Crippen molar-refractivity contribution in [2.24, 2.45) is 16.1 Å². The second kappa shape index (κ2) is 15.8. The van der Waals surface area contributed by atoms with Crippen LogP contribution in [0, 0.1) is 0 Å². The summed E-state index contributed by atoms with van der Waals surface area (Å²) in [6.45, 7) is 4.97. The molecule has 0 radical (unpaired) electrons. The van der Waals surface area contributed by atoms with Crippen molar-refractivity contribution >= 4 is 35.9 Å². The SMILES string of the molecule is CCOc1cccc(N(N)C(=O)OCN=[N+]=[N-])c1COc1cc(N[C@@H](CS)C(C)=O)c(CC)cc1CN=[N+]=[N-]. The van der Waals surface area contributed by atoms with E-state index in [0.717, 1.165) is 10.6 Å². The zero-order valence-corrected chi connectivity index (χ0v) is 22.8. The van der Waals surface area contributed by atoms with Crippen molar-refractivity contribution in [3.63, 3.8) is 0 Å². The summed E-state index contributed by atoms with van der Waals surface area (Å²) in [5.74, 6) is 7.04. The molecule has 0 saturated heterocycles. The molecule has 0 spiro atoms. The highest BCUT2D eigenvalue weighted by molar-refractivity contribution is 7.80. The monoisotopic (exact) mass is 557 g/mol. The maximum Gasteiger partial charge on any atom is 0.428 e. The summed E-state index contributed by atoms with van der Waals surface area (Å²) in [4.78, 5) is 29.8. The number of anilines is 2. The Bertz CT molecular complexity index is 1260. The molecule has 0 aromatic heterocycles. The normalized spacial score (nSPS) is 10.9. The fourth-order valence-corrected chi connectivity index (χ4v) is 3.92. The van der Waals surface area contributed by atoms with Gasteiger partial charge < -0.3 is 19.5 Å². The third kappa shape index (κ3) is 8.62. The Morgan fingerprint density at radius 2 is 1.87 bits per heavy atom. The molecule has 2 rings (SSSR count). The van der Waals surface area contributed by atoms with Crippen LogP contribution < -0.4 is 25.6 Å². The van der Waals surface area contributed by atoms with E-state index in [2.05, 4.69) is 38.0 Å². The first-order valence-corrected chi connectivity index (χ1v) is 12.6. The molecular formula is C24H31N9O5S. The molecule has 14 nitrogen and oxygen atoms in total. The fraction of sp³-hybridized carbons (Fsp3) is 0.417. The topological polar surface area (TPSA) is 201 Å². The van der Waals surface area contributed by atoms with Gasteiger partial charge in [0.1, 0.15) is 18.1 Å². The van der Waals surface area contributed by atoms with Crippen molar-refractivity contribution in [2.75, 3.05) is 29.4 Å². The Hall–Kier alpha value is -4.29. The van der Waals surface area contributed by atoms with E-state index in [1.165, 1.54) is 6.92 Å². The van der Waals surface area contributed by atoms with Gasteiger partial charge in [0.25, 0.3) is 0 Å². The number of nitrogens with two attached hydrogens (primary N) is 1. The van der Waals surface area contributed by atoms with Gasteiger partial charge >= 0.3 is 6.09 Å². The van der Waals surface area contributed by atoms with Crippen molar-refractivity contribution in [2.45, 2.75) is 46.4 Å². The average molecular weight is 558 g/mol. The highest BCUT2D eigenvalue weighted by atomic mass is 32.1. The summed E-state index contributed by atoms with van der Waals surface area (Å²) >= 11 is 4.27. The molecule has 0 fully saturated rings. The van der Waals surface area contributed by atoms with Crippen LogP contribution in [0.4, 0.5) is 16.2 Å². The summed E-state index contributed by atoms with van der Waals surface area (Å²) < 4.78 is 16.8. The van der Waals surface area contributed by atoms with E-state index >= 15 is 0 Å². The van der Waals surface area contributed by atoms with Gasteiger partial charge in [0.2, 0.25) is 0 Å². The molecule has 0 aliphatic rings. The number of hydrazine groups is 1. The quantitative estimate of drug-likeness (QED) is 0.0493. The molecule has 15 heteroatoms. The molecule has 208 valence electrons. The third-order valence-corrected chi connectivity index (χ3v) is 5.89. The number of nitrogens with one attached hydrogen (secondary N) is 1. The minimum Gasteiger partial charge on any atom is -0.493 e. The zero-order chi connectivity index (χ0) is 28.8. The fourth-order valence-electron chi connectivity index (χ4n) is 3.58. The van der Waals surface area contributed by atoms with E-state index in [-0.39, 0.29) is 24.6 Å². The molecule has 39 heavy (non-hydrogen) atoms. The lowest BCUT2D eigenvalue weighted by Gasteiger charge is -2.23. The van der Waals surface area contributed by atoms with E-state index in [1.807, 2.05) is 13.0 Å². The number of carbonyl (C=O) groups excluding carboxylic acids is 2. The number of hydrogen-bond donors (Lipinski definition) is 3. The summed E-state index contributed by atoms with van der Waals surface area (Å²) in [7, 11) is 0. The lowest BCUT2D eigenvalue weighted by Crippen LogP contribution is -2.38. The maximum absolute atomic E-state index is 12.4.